The van der Waals surface area contributed by atoms with Gasteiger partial charge in [0.15, 0.2) is 11.5 Å². The smallest absolute Gasteiger partial charge is 0.356 e. The number of ether oxygens (including phenoxy) is 1. The molecule has 10 heteroatoms. The van der Waals surface area contributed by atoms with Crippen LogP contribution in [0.25, 0.3) is 11.2 Å². The summed E-state index contributed by atoms with van der Waals surface area (Å²) in [4.78, 5) is 12.5. The fraction of sp³-hybridized carbons (Fsp3) is 0.588. The molecule has 3 rings (SSSR count). The van der Waals surface area contributed by atoms with E-state index in [-0.39, 0.29) is 30.7 Å². The number of allylic oxidation sites excluding steroid dienone is 1. The molecular formula is C17H26N5O4P. The fourth-order valence-electron chi connectivity index (χ4n) is 3.01. The van der Waals surface area contributed by atoms with Gasteiger partial charge in [0, 0.05) is 6.42 Å². The molecule has 0 aromatic carbocycles. The number of imidazole rings is 1. The normalized spacial score (nSPS) is 20.4. The summed E-state index contributed by atoms with van der Waals surface area (Å²) in [5.41, 5.74) is 7.10. The van der Waals surface area contributed by atoms with Gasteiger partial charge in [-0.05, 0) is 27.7 Å². The maximum atomic E-state index is 12.9. The van der Waals surface area contributed by atoms with Gasteiger partial charge in [-0.2, -0.15) is 0 Å². The van der Waals surface area contributed by atoms with E-state index in [1.165, 1.54) is 6.33 Å². The minimum Gasteiger partial charge on any atom is -0.382 e. The summed E-state index contributed by atoms with van der Waals surface area (Å²) in [5, 5.41) is 0. The Morgan fingerprint density at radius 2 is 1.89 bits per heavy atom. The SMILES string of the molecule is CC(C)OP(=O)(CO[C@@H]1C=C[C@H](n2cnc3c(N)ncnc32)C1)OC(C)C. The Morgan fingerprint density at radius 1 is 1.19 bits per heavy atom. The molecule has 0 saturated heterocycles. The second-order valence-corrected chi connectivity index (χ2v) is 8.93. The van der Waals surface area contributed by atoms with Gasteiger partial charge in [0.1, 0.15) is 18.2 Å². The van der Waals surface area contributed by atoms with E-state index in [0.717, 1.165) is 0 Å². The van der Waals surface area contributed by atoms with Crippen LogP contribution in [-0.2, 0) is 18.3 Å². The van der Waals surface area contributed by atoms with E-state index < -0.39 is 7.60 Å². The molecule has 2 aromatic rings. The van der Waals surface area contributed by atoms with Crippen molar-refractivity contribution >= 4 is 24.6 Å². The molecule has 0 amide bonds. The second kappa shape index (κ2) is 8.06. The summed E-state index contributed by atoms with van der Waals surface area (Å²) in [6, 6.07) is 0.0192. The summed E-state index contributed by atoms with van der Waals surface area (Å²) in [6.07, 6.45) is 7.01. The van der Waals surface area contributed by atoms with Crippen LogP contribution in [0, 0.1) is 0 Å². The van der Waals surface area contributed by atoms with E-state index in [4.69, 9.17) is 19.5 Å². The van der Waals surface area contributed by atoms with Crippen molar-refractivity contribution in [1.82, 2.24) is 19.5 Å². The third-order valence-corrected chi connectivity index (χ3v) is 5.91. The Labute approximate surface area is 158 Å². The molecule has 1 aliphatic rings. The van der Waals surface area contributed by atoms with Crippen LogP contribution in [0.4, 0.5) is 5.82 Å². The van der Waals surface area contributed by atoms with Crippen molar-refractivity contribution in [3.05, 3.63) is 24.8 Å². The fourth-order valence-corrected chi connectivity index (χ4v) is 4.84. The lowest BCUT2D eigenvalue weighted by Crippen LogP contribution is -2.16. The van der Waals surface area contributed by atoms with Crippen molar-refractivity contribution in [3.63, 3.8) is 0 Å². The molecule has 2 aromatic heterocycles. The standard InChI is InChI=1S/C17H26N5O4P/c1-11(2)25-27(23,26-12(3)4)10-24-14-6-5-13(7-14)22-9-21-15-16(18)19-8-20-17(15)22/h5-6,8-9,11-14H,7,10H2,1-4H3,(H2,18,19,20)/t13-,14+/m0/s1. The number of anilines is 1. The summed E-state index contributed by atoms with van der Waals surface area (Å²) < 4.78 is 31.7. The van der Waals surface area contributed by atoms with E-state index in [9.17, 15) is 4.57 Å². The summed E-state index contributed by atoms with van der Waals surface area (Å²) in [5.74, 6) is 0.353. The first-order valence-electron chi connectivity index (χ1n) is 8.96. The number of hydrogen-bond acceptors (Lipinski definition) is 8. The topological polar surface area (TPSA) is 114 Å². The first kappa shape index (κ1) is 19.9. The van der Waals surface area contributed by atoms with Gasteiger partial charge < -0.3 is 24.1 Å². The lowest BCUT2D eigenvalue weighted by Gasteiger charge is -2.24. The number of aromatic nitrogens is 4. The zero-order chi connectivity index (χ0) is 19.6. The highest BCUT2D eigenvalue weighted by Crippen LogP contribution is 2.51. The van der Waals surface area contributed by atoms with Crippen LogP contribution >= 0.6 is 7.60 Å². The highest BCUT2D eigenvalue weighted by molar-refractivity contribution is 7.53. The van der Waals surface area contributed by atoms with Crippen molar-refractivity contribution in [2.75, 3.05) is 12.1 Å². The Hall–Kier alpha value is -1.80. The minimum absolute atomic E-state index is 0.0192. The molecule has 27 heavy (non-hydrogen) atoms. The van der Waals surface area contributed by atoms with Gasteiger partial charge in [-0.3, -0.25) is 4.57 Å². The molecule has 0 fully saturated rings. The van der Waals surface area contributed by atoms with Crippen LogP contribution in [0.5, 0.6) is 0 Å². The number of nitrogens with two attached hydrogens (primary N) is 1. The van der Waals surface area contributed by atoms with Gasteiger partial charge in [0.2, 0.25) is 0 Å². The van der Waals surface area contributed by atoms with Gasteiger partial charge >= 0.3 is 7.60 Å². The number of nitrogens with zero attached hydrogens (tertiary/aromatic N) is 4. The Balaban J connectivity index is 1.65. The van der Waals surface area contributed by atoms with E-state index in [2.05, 4.69) is 15.0 Å². The van der Waals surface area contributed by atoms with E-state index in [1.54, 1.807) is 6.33 Å². The molecule has 2 atom stereocenters. The number of nitrogen functional groups attached to an aromatic ring is 1. The van der Waals surface area contributed by atoms with Crippen molar-refractivity contribution in [1.29, 1.82) is 0 Å². The zero-order valence-corrected chi connectivity index (χ0v) is 16.9. The molecular weight excluding hydrogens is 369 g/mol. The van der Waals surface area contributed by atoms with Crippen LogP contribution in [0.15, 0.2) is 24.8 Å². The van der Waals surface area contributed by atoms with Crippen LogP contribution in [-0.4, -0.2) is 44.2 Å². The van der Waals surface area contributed by atoms with E-state index >= 15 is 0 Å². The van der Waals surface area contributed by atoms with Crippen LogP contribution < -0.4 is 5.73 Å². The zero-order valence-electron chi connectivity index (χ0n) is 16.0. The van der Waals surface area contributed by atoms with E-state index in [0.29, 0.717) is 23.4 Å². The summed E-state index contributed by atoms with van der Waals surface area (Å²) >= 11 is 0. The molecule has 1 aliphatic carbocycles. The Bertz CT molecular complexity index is 852. The molecule has 0 aliphatic heterocycles. The number of fused-ring (bicyclic) bond motifs is 1. The minimum atomic E-state index is -3.32. The van der Waals surface area contributed by atoms with Crippen LogP contribution in [0.2, 0.25) is 0 Å². The summed E-state index contributed by atoms with van der Waals surface area (Å²) in [6.45, 7) is 7.28. The number of rotatable bonds is 8. The monoisotopic (exact) mass is 395 g/mol. The molecule has 0 unspecified atom stereocenters. The largest absolute Gasteiger partial charge is 0.382 e. The highest BCUT2D eigenvalue weighted by atomic mass is 31.2. The lowest BCUT2D eigenvalue weighted by atomic mass is 10.2. The molecule has 9 nitrogen and oxygen atoms in total. The number of hydrogen-bond donors (Lipinski definition) is 1. The highest BCUT2D eigenvalue weighted by Gasteiger charge is 2.31. The van der Waals surface area contributed by atoms with Crippen molar-refractivity contribution < 1.29 is 18.3 Å². The van der Waals surface area contributed by atoms with E-state index in [1.807, 2.05) is 44.4 Å². The predicted molar refractivity (Wildman–Crippen MR) is 102 cm³/mol. The van der Waals surface area contributed by atoms with Gasteiger partial charge in [0.05, 0.1) is 30.7 Å². The van der Waals surface area contributed by atoms with Gasteiger partial charge in [-0.25, -0.2) is 15.0 Å². The molecule has 148 valence electrons. The maximum absolute atomic E-state index is 12.9. The molecule has 0 spiro atoms. The average Bonchev–Trinajstić information content (AvgIpc) is 3.18. The second-order valence-electron chi connectivity index (χ2n) is 7.02. The van der Waals surface area contributed by atoms with Crippen molar-refractivity contribution in [2.24, 2.45) is 0 Å². The van der Waals surface area contributed by atoms with Crippen LogP contribution in [0.1, 0.15) is 40.2 Å². The molecule has 0 radical (unpaired) electrons. The Morgan fingerprint density at radius 3 is 2.56 bits per heavy atom. The first-order chi connectivity index (χ1) is 12.8. The molecule has 2 N–H and O–H groups in total. The Kier molecular flexibility index (Phi) is 5.95. The van der Waals surface area contributed by atoms with Crippen LogP contribution in [0.3, 0.4) is 0 Å². The maximum Gasteiger partial charge on any atom is 0.356 e. The summed E-state index contributed by atoms with van der Waals surface area (Å²) in [7, 11) is -3.32. The third-order valence-electron chi connectivity index (χ3n) is 3.96. The van der Waals surface area contributed by atoms with Gasteiger partial charge in [0.25, 0.3) is 0 Å². The predicted octanol–water partition coefficient (Wildman–Crippen LogP) is 3.30. The first-order valence-corrected chi connectivity index (χ1v) is 10.7. The quantitative estimate of drug-likeness (QED) is 0.535. The van der Waals surface area contributed by atoms with Gasteiger partial charge in [-0.1, -0.05) is 12.2 Å². The average molecular weight is 395 g/mol. The molecule has 0 saturated carbocycles. The third kappa shape index (κ3) is 4.73. The molecule has 0 bridgehead atoms. The molecule has 2 heterocycles. The lowest BCUT2D eigenvalue weighted by molar-refractivity contribution is 0.0721. The van der Waals surface area contributed by atoms with Crippen molar-refractivity contribution in [2.45, 2.75) is 58.5 Å². The van der Waals surface area contributed by atoms with Crippen molar-refractivity contribution in [3.8, 4) is 0 Å². The van der Waals surface area contributed by atoms with Gasteiger partial charge in [-0.15, -0.1) is 0 Å².